The summed E-state index contributed by atoms with van der Waals surface area (Å²) in [5.41, 5.74) is 2.30. The highest BCUT2D eigenvalue weighted by Crippen LogP contribution is 2.31. The molecule has 0 saturated carbocycles. The molecular formula is C15H20BrN3. The van der Waals surface area contributed by atoms with E-state index in [-0.39, 0.29) is 0 Å². The Labute approximate surface area is 122 Å². The van der Waals surface area contributed by atoms with Gasteiger partial charge in [-0.05, 0) is 37.8 Å². The lowest BCUT2D eigenvalue weighted by atomic mass is 9.95. The highest BCUT2D eigenvalue weighted by Gasteiger charge is 2.27. The van der Waals surface area contributed by atoms with Gasteiger partial charge in [0.1, 0.15) is 5.65 Å². The monoisotopic (exact) mass is 321 g/mol. The molecule has 3 nitrogen and oxygen atoms in total. The number of hydrogen-bond donors (Lipinski definition) is 0. The van der Waals surface area contributed by atoms with Gasteiger partial charge in [-0.1, -0.05) is 28.9 Å². The fourth-order valence-electron chi connectivity index (χ4n) is 2.97. The first-order valence-electron chi connectivity index (χ1n) is 6.99. The summed E-state index contributed by atoms with van der Waals surface area (Å²) in [6.45, 7) is 5.77. The van der Waals surface area contributed by atoms with E-state index in [1.54, 1.807) is 0 Å². The summed E-state index contributed by atoms with van der Waals surface area (Å²) in [6, 6.07) is 6.77. The van der Waals surface area contributed by atoms with Crippen LogP contribution in [0.4, 0.5) is 5.82 Å². The van der Waals surface area contributed by atoms with Crippen molar-refractivity contribution in [3.8, 4) is 0 Å². The first kappa shape index (κ1) is 13.0. The van der Waals surface area contributed by atoms with Crippen LogP contribution in [0.15, 0.2) is 24.4 Å². The molecule has 1 saturated heterocycles. The van der Waals surface area contributed by atoms with Crippen molar-refractivity contribution in [3.63, 3.8) is 0 Å². The molecule has 1 aliphatic rings. The number of rotatable bonds is 2. The zero-order valence-corrected chi connectivity index (χ0v) is 13.1. The minimum Gasteiger partial charge on any atom is -0.352 e. The normalized spacial score (nSPS) is 24.1. The molecule has 0 aliphatic carbocycles. The van der Waals surface area contributed by atoms with Gasteiger partial charge in [-0.25, -0.2) is 4.98 Å². The van der Waals surface area contributed by atoms with E-state index in [4.69, 9.17) is 4.98 Å². The number of halogens is 1. The molecule has 19 heavy (non-hydrogen) atoms. The number of nitrogens with zero attached hydrogens (tertiary/aromatic N) is 3. The van der Waals surface area contributed by atoms with Gasteiger partial charge >= 0.3 is 0 Å². The Morgan fingerprint density at radius 2 is 2.16 bits per heavy atom. The molecule has 2 atom stereocenters. The van der Waals surface area contributed by atoms with Crippen LogP contribution in [0.3, 0.4) is 0 Å². The van der Waals surface area contributed by atoms with Crippen LogP contribution in [0.5, 0.6) is 0 Å². The third-order valence-corrected chi connectivity index (χ3v) is 4.66. The summed E-state index contributed by atoms with van der Waals surface area (Å²) in [6.07, 6.45) is 4.69. The molecule has 0 N–H and O–H groups in total. The highest BCUT2D eigenvalue weighted by molar-refractivity contribution is 9.08. The number of hydrogen-bond acceptors (Lipinski definition) is 2. The minimum absolute atomic E-state index is 0.582. The number of aromatic nitrogens is 2. The summed E-state index contributed by atoms with van der Waals surface area (Å²) >= 11 is 3.62. The van der Waals surface area contributed by atoms with E-state index in [0.717, 1.165) is 29.3 Å². The molecule has 102 valence electrons. The summed E-state index contributed by atoms with van der Waals surface area (Å²) in [4.78, 5) is 7.33. The zero-order valence-electron chi connectivity index (χ0n) is 11.5. The first-order chi connectivity index (χ1) is 9.20. The van der Waals surface area contributed by atoms with Crippen molar-refractivity contribution in [1.29, 1.82) is 0 Å². The van der Waals surface area contributed by atoms with Crippen molar-refractivity contribution in [3.05, 3.63) is 30.1 Å². The van der Waals surface area contributed by atoms with E-state index in [9.17, 15) is 0 Å². The Morgan fingerprint density at radius 1 is 1.32 bits per heavy atom. The van der Waals surface area contributed by atoms with Crippen molar-refractivity contribution in [1.82, 2.24) is 9.38 Å². The predicted octanol–water partition coefficient (Wildman–Crippen LogP) is 3.85. The molecule has 0 bridgehead atoms. The Kier molecular flexibility index (Phi) is 3.52. The molecule has 1 fully saturated rings. The second-order valence-corrected chi connectivity index (χ2v) is 6.19. The number of imidazole rings is 1. The number of alkyl halides is 1. The van der Waals surface area contributed by atoms with E-state index in [2.05, 4.69) is 57.4 Å². The topological polar surface area (TPSA) is 20.5 Å². The third-order valence-electron chi connectivity index (χ3n) is 4.12. The Morgan fingerprint density at radius 3 is 2.95 bits per heavy atom. The van der Waals surface area contributed by atoms with E-state index >= 15 is 0 Å². The van der Waals surface area contributed by atoms with Crippen molar-refractivity contribution in [2.24, 2.45) is 5.92 Å². The Bertz CT molecular complexity index is 578. The maximum atomic E-state index is 4.85. The van der Waals surface area contributed by atoms with Crippen molar-refractivity contribution in [2.75, 3.05) is 11.4 Å². The zero-order chi connectivity index (χ0) is 13.4. The fraction of sp³-hybridized carbons (Fsp3) is 0.533. The lowest BCUT2D eigenvalue weighted by Gasteiger charge is -2.37. The maximum absolute atomic E-state index is 4.85. The van der Waals surface area contributed by atoms with Gasteiger partial charge in [0.15, 0.2) is 5.82 Å². The predicted molar refractivity (Wildman–Crippen MR) is 83.0 cm³/mol. The smallest absolute Gasteiger partial charge is 0.152 e. The fourth-order valence-corrected chi connectivity index (χ4v) is 3.49. The molecule has 0 amide bonds. The van der Waals surface area contributed by atoms with Crippen LogP contribution in [0.2, 0.25) is 0 Å². The van der Waals surface area contributed by atoms with E-state index < -0.39 is 0 Å². The standard InChI is InChI=1S/C15H20BrN3/c1-11-6-7-12(2)19(10-11)15-13(9-16)18-8-4-3-5-14(18)17-15/h3-5,8,11-12H,6-7,9-10H2,1-2H3. The largest absolute Gasteiger partial charge is 0.352 e. The van der Waals surface area contributed by atoms with E-state index in [0.29, 0.717) is 6.04 Å². The Hall–Kier alpha value is -1.03. The van der Waals surface area contributed by atoms with E-state index in [1.165, 1.54) is 18.5 Å². The lowest BCUT2D eigenvalue weighted by molar-refractivity contribution is 0.388. The van der Waals surface area contributed by atoms with Crippen LogP contribution in [0, 0.1) is 5.92 Å². The molecule has 4 heteroatoms. The summed E-state index contributed by atoms with van der Waals surface area (Å²) in [7, 11) is 0. The van der Waals surface area contributed by atoms with Gasteiger partial charge in [-0.2, -0.15) is 0 Å². The van der Waals surface area contributed by atoms with Gasteiger partial charge < -0.3 is 9.30 Å². The molecule has 0 aromatic carbocycles. The first-order valence-corrected chi connectivity index (χ1v) is 8.11. The van der Waals surface area contributed by atoms with Crippen LogP contribution < -0.4 is 4.90 Å². The molecular weight excluding hydrogens is 302 g/mol. The number of pyridine rings is 1. The van der Waals surface area contributed by atoms with Crippen LogP contribution in [0.25, 0.3) is 5.65 Å². The number of anilines is 1. The summed E-state index contributed by atoms with van der Waals surface area (Å²) < 4.78 is 2.19. The maximum Gasteiger partial charge on any atom is 0.152 e. The molecule has 2 aromatic rings. The summed E-state index contributed by atoms with van der Waals surface area (Å²) in [5, 5.41) is 0.838. The van der Waals surface area contributed by atoms with Gasteiger partial charge in [0, 0.05) is 24.1 Å². The quantitative estimate of drug-likeness (QED) is 0.783. The number of fused-ring (bicyclic) bond motifs is 1. The summed E-state index contributed by atoms with van der Waals surface area (Å²) in [5.74, 6) is 1.91. The second kappa shape index (κ2) is 5.16. The van der Waals surface area contributed by atoms with Crippen molar-refractivity contribution < 1.29 is 0 Å². The van der Waals surface area contributed by atoms with Crippen LogP contribution in [0.1, 0.15) is 32.4 Å². The van der Waals surface area contributed by atoms with Gasteiger partial charge in [0.05, 0.1) is 5.69 Å². The average Bonchev–Trinajstić information content (AvgIpc) is 2.79. The number of piperidine rings is 1. The molecule has 2 aromatic heterocycles. The van der Waals surface area contributed by atoms with Gasteiger partial charge in [0.2, 0.25) is 0 Å². The third kappa shape index (κ3) is 2.27. The molecule has 0 radical (unpaired) electrons. The van der Waals surface area contributed by atoms with Crippen LogP contribution in [-0.4, -0.2) is 22.0 Å². The Balaban J connectivity index is 2.08. The van der Waals surface area contributed by atoms with Gasteiger partial charge in [-0.3, -0.25) is 0 Å². The van der Waals surface area contributed by atoms with Crippen molar-refractivity contribution >= 4 is 27.4 Å². The highest BCUT2D eigenvalue weighted by atomic mass is 79.9. The lowest BCUT2D eigenvalue weighted by Crippen LogP contribution is -2.41. The SMILES string of the molecule is CC1CCC(C)N(c2nc3ccccn3c2CBr)C1. The van der Waals surface area contributed by atoms with Crippen LogP contribution in [-0.2, 0) is 5.33 Å². The molecule has 2 unspecified atom stereocenters. The average molecular weight is 322 g/mol. The second-order valence-electron chi connectivity index (χ2n) is 5.63. The minimum atomic E-state index is 0.582. The van der Waals surface area contributed by atoms with Gasteiger partial charge in [0.25, 0.3) is 0 Å². The molecule has 1 aliphatic heterocycles. The molecule has 3 rings (SSSR count). The van der Waals surface area contributed by atoms with Gasteiger partial charge in [-0.15, -0.1) is 0 Å². The van der Waals surface area contributed by atoms with Crippen molar-refractivity contribution in [2.45, 2.75) is 38.1 Å². The molecule has 0 spiro atoms. The molecule has 3 heterocycles. The van der Waals surface area contributed by atoms with E-state index in [1.807, 2.05) is 6.07 Å². The van der Waals surface area contributed by atoms with Crippen LogP contribution >= 0.6 is 15.9 Å².